The molecule has 2 aromatic rings. The molecule has 1 aromatic heterocycles. The highest BCUT2D eigenvalue weighted by atomic mass is 32.1. The lowest BCUT2D eigenvalue weighted by atomic mass is 9.98. The van der Waals surface area contributed by atoms with Gasteiger partial charge in [-0.15, -0.1) is 11.3 Å². The van der Waals surface area contributed by atoms with Crippen LogP contribution in [0.2, 0.25) is 0 Å². The van der Waals surface area contributed by atoms with Gasteiger partial charge in [-0.2, -0.15) is 0 Å². The SMILES string of the molecule is NC(=O)[C@@H](CNC(=O)c1cc2c(s1)CCCCCC2)Cc1ccc(F)cc1. The van der Waals surface area contributed by atoms with Crippen LogP contribution in [0.5, 0.6) is 0 Å². The van der Waals surface area contributed by atoms with Crippen LogP contribution in [-0.2, 0) is 24.1 Å². The molecule has 1 atom stereocenters. The summed E-state index contributed by atoms with van der Waals surface area (Å²) in [4.78, 5) is 26.3. The van der Waals surface area contributed by atoms with E-state index < -0.39 is 11.8 Å². The first-order valence-electron chi connectivity index (χ1n) is 9.46. The second-order valence-electron chi connectivity index (χ2n) is 7.11. The molecular formula is C21H25FN2O2S. The maximum atomic E-state index is 13.0. The number of thiophene rings is 1. The summed E-state index contributed by atoms with van der Waals surface area (Å²) in [5.74, 6) is -1.48. The minimum atomic E-state index is -0.527. The second kappa shape index (κ2) is 9.13. The van der Waals surface area contributed by atoms with Crippen LogP contribution in [0.25, 0.3) is 0 Å². The van der Waals surface area contributed by atoms with Crippen molar-refractivity contribution in [3.05, 3.63) is 57.0 Å². The summed E-state index contributed by atoms with van der Waals surface area (Å²) in [5.41, 5.74) is 7.60. The molecular weight excluding hydrogens is 363 g/mol. The number of rotatable bonds is 6. The Bertz CT molecular complexity index is 776. The van der Waals surface area contributed by atoms with Crippen molar-refractivity contribution in [2.45, 2.75) is 44.9 Å². The minimum absolute atomic E-state index is 0.155. The molecule has 0 fully saturated rings. The van der Waals surface area contributed by atoms with Gasteiger partial charge in [-0.1, -0.05) is 25.0 Å². The van der Waals surface area contributed by atoms with Gasteiger partial charge in [0.05, 0.1) is 10.8 Å². The molecule has 0 saturated carbocycles. The van der Waals surface area contributed by atoms with E-state index in [9.17, 15) is 14.0 Å². The van der Waals surface area contributed by atoms with E-state index >= 15 is 0 Å². The van der Waals surface area contributed by atoms with Crippen LogP contribution in [0.15, 0.2) is 30.3 Å². The normalized spacial score (nSPS) is 15.3. The number of aryl methyl sites for hydroxylation is 2. The van der Waals surface area contributed by atoms with Gasteiger partial charge < -0.3 is 11.1 Å². The van der Waals surface area contributed by atoms with Gasteiger partial charge in [0.2, 0.25) is 5.91 Å². The van der Waals surface area contributed by atoms with Crippen LogP contribution in [0.1, 0.15) is 51.4 Å². The summed E-state index contributed by atoms with van der Waals surface area (Å²) >= 11 is 1.56. The molecule has 144 valence electrons. The van der Waals surface area contributed by atoms with Crippen LogP contribution in [0, 0.1) is 11.7 Å². The van der Waals surface area contributed by atoms with E-state index in [1.807, 2.05) is 6.07 Å². The quantitative estimate of drug-likeness (QED) is 0.793. The minimum Gasteiger partial charge on any atom is -0.369 e. The van der Waals surface area contributed by atoms with Gasteiger partial charge in [0, 0.05) is 11.4 Å². The van der Waals surface area contributed by atoms with Crippen molar-refractivity contribution in [1.29, 1.82) is 0 Å². The van der Waals surface area contributed by atoms with E-state index in [1.165, 1.54) is 48.3 Å². The summed E-state index contributed by atoms with van der Waals surface area (Å²) < 4.78 is 13.0. The largest absolute Gasteiger partial charge is 0.369 e. The summed E-state index contributed by atoms with van der Waals surface area (Å²) in [5, 5.41) is 2.85. The molecule has 1 heterocycles. The molecule has 2 amide bonds. The van der Waals surface area contributed by atoms with Crippen molar-refractivity contribution in [3.63, 3.8) is 0 Å². The molecule has 27 heavy (non-hydrogen) atoms. The standard InChI is InChI=1S/C21H25FN2O2S/c22-17-9-7-14(8-10-17)11-16(20(23)25)13-24-21(26)19-12-15-5-3-1-2-4-6-18(15)27-19/h7-10,12,16H,1-6,11,13H2,(H2,23,25)(H,24,26)/t16-/m1/s1. The molecule has 1 aliphatic rings. The van der Waals surface area contributed by atoms with Crippen LogP contribution < -0.4 is 11.1 Å². The number of benzene rings is 1. The Hall–Kier alpha value is -2.21. The van der Waals surface area contributed by atoms with Crippen molar-refractivity contribution in [2.24, 2.45) is 11.7 Å². The fourth-order valence-electron chi connectivity index (χ4n) is 3.44. The van der Waals surface area contributed by atoms with Crippen LogP contribution in [0.4, 0.5) is 4.39 Å². The third-order valence-electron chi connectivity index (χ3n) is 5.03. The highest BCUT2D eigenvalue weighted by Crippen LogP contribution is 2.28. The zero-order valence-corrected chi connectivity index (χ0v) is 16.1. The smallest absolute Gasteiger partial charge is 0.261 e. The lowest BCUT2D eigenvalue weighted by Gasteiger charge is -2.14. The van der Waals surface area contributed by atoms with Gasteiger partial charge in [-0.05, 0) is 61.4 Å². The summed E-state index contributed by atoms with van der Waals surface area (Å²) in [6, 6.07) is 7.97. The van der Waals surface area contributed by atoms with Gasteiger partial charge >= 0.3 is 0 Å². The van der Waals surface area contributed by atoms with Crippen LogP contribution in [-0.4, -0.2) is 18.4 Å². The van der Waals surface area contributed by atoms with E-state index in [-0.39, 0.29) is 18.3 Å². The monoisotopic (exact) mass is 388 g/mol. The fourth-order valence-corrected chi connectivity index (χ4v) is 4.61. The second-order valence-corrected chi connectivity index (χ2v) is 8.25. The Morgan fingerprint density at radius 3 is 2.52 bits per heavy atom. The van der Waals surface area contributed by atoms with Crippen molar-refractivity contribution >= 4 is 23.2 Å². The molecule has 0 unspecified atom stereocenters. The highest BCUT2D eigenvalue weighted by molar-refractivity contribution is 7.14. The summed E-state index contributed by atoms with van der Waals surface area (Å²) in [7, 11) is 0. The number of amides is 2. The number of fused-ring (bicyclic) bond motifs is 1. The van der Waals surface area contributed by atoms with Gasteiger partial charge in [0.25, 0.3) is 5.91 Å². The molecule has 4 nitrogen and oxygen atoms in total. The molecule has 0 aliphatic heterocycles. The van der Waals surface area contributed by atoms with Crippen molar-refractivity contribution in [1.82, 2.24) is 5.32 Å². The molecule has 0 radical (unpaired) electrons. The number of hydrogen-bond donors (Lipinski definition) is 2. The van der Waals surface area contributed by atoms with Crippen LogP contribution in [0.3, 0.4) is 0 Å². The number of halogens is 1. The zero-order chi connectivity index (χ0) is 19.2. The molecule has 0 saturated heterocycles. The Balaban J connectivity index is 1.61. The van der Waals surface area contributed by atoms with Gasteiger partial charge in [0.1, 0.15) is 5.82 Å². The van der Waals surface area contributed by atoms with E-state index in [1.54, 1.807) is 23.5 Å². The van der Waals surface area contributed by atoms with E-state index in [0.29, 0.717) is 11.3 Å². The van der Waals surface area contributed by atoms with Crippen molar-refractivity contribution in [2.75, 3.05) is 6.54 Å². The first-order valence-corrected chi connectivity index (χ1v) is 10.3. The van der Waals surface area contributed by atoms with Crippen LogP contribution >= 0.6 is 11.3 Å². The summed E-state index contributed by atoms with van der Waals surface area (Å²) in [6.07, 6.45) is 7.30. The molecule has 6 heteroatoms. The maximum Gasteiger partial charge on any atom is 0.261 e. The Morgan fingerprint density at radius 2 is 1.81 bits per heavy atom. The molecule has 3 rings (SSSR count). The average molecular weight is 389 g/mol. The van der Waals surface area contributed by atoms with E-state index in [0.717, 1.165) is 18.4 Å². The Kier molecular flexibility index (Phi) is 6.61. The number of nitrogens with two attached hydrogens (primary N) is 1. The third kappa shape index (κ3) is 5.39. The topological polar surface area (TPSA) is 72.2 Å². The maximum absolute atomic E-state index is 13.0. The number of hydrogen-bond acceptors (Lipinski definition) is 3. The van der Waals surface area contributed by atoms with Crippen molar-refractivity contribution in [3.8, 4) is 0 Å². The highest BCUT2D eigenvalue weighted by Gasteiger charge is 2.20. The lowest BCUT2D eigenvalue weighted by Crippen LogP contribution is -2.37. The molecule has 0 spiro atoms. The van der Waals surface area contributed by atoms with E-state index in [2.05, 4.69) is 5.32 Å². The summed E-state index contributed by atoms with van der Waals surface area (Å²) in [6.45, 7) is 0.175. The molecule has 3 N–H and O–H groups in total. The van der Waals surface area contributed by atoms with Gasteiger partial charge in [0.15, 0.2) is 0 Å². The average Bonchev–Trinajstić information content (AvgIpc) is 3.02. The molecule has 1 aromatic carbocycles. The van der Waals surface area contributed by atoms with Crippen molar-refractivity contribution < 1.29 is 14.0 Å². The molecule has 0 bridgehead atoms. The Labute approximate surface area is 163 Å². The number of carbonyl (C=O) groups is 2. The zero-order valence-electron chi connectivity index (χ0n) is 15.3. The predicted octanol–water partition coefficient (Wildman–Crippen LogP) is 3.62. The lowest BCUT2D eigenvalue weighted by molar-refractivity contribution is -0.121. The first-order chi connectivity index (χ1) is 13.0. The first kappa shape index (κ1) is 19.5. The number of primary amides is 1. The number of carbonyl (C=O) groups excluding carboxylic acids is 2. The van der Waals surface area contributed by atoms with Gasteiger partial charge in [-0.3, -0.25) is 9.59 Å². The Morgan fingerprint density at radius 1 is 1.11 bits per heavy atom. The predicted molar refractivity (Wildman–Crippen MR) is 105 cm³/mol. The van der Waals surface area contributed by atoms with E-state index in [4.69, 9.17) is 5.73 Å². The number of nitrogens with one attached hydrogen (secondary N) is 1. The third-order valence-corrected chi connectivity index (χ3v) is 6.26. The van der Waals surface area contributed by atoms with Gasteiger partial charge in [-0.25, -0.2) is 4.39 Å². The molecule has 1 aliphatic carbocycles. The fraction of sp³-hybridized carbons (Fsp3) is 0.429.